The van der Waals surface area contributed by atoms with E-state index in [9.17, 15) is 22.8 Å². The summed E-state index contributed by atoms with van der Waals surface area (Å²) >= 11 is 0. The first-order valence-corrected chi connectivity index (χ1v) is 8.49. The number of hydrogen-bond acceptors (Lipinski definition) is 3. The normalized spacial score (nSPS) is 11.6. The Hall–Kier alpha value is -3.07. The minimum Gasteiger partial charge on any atom is -0.496 e. The van der Waals surface area contributed by atoms with Gasteiger partial charge in [-0.15, -0.1) is 0 Å². The van der Waals surface area contributed by atoms with Crippen molar-refractivity contribution in [2.45, 2.75) is 13.0 Å². The maximum Gasteiger partial charge on any atom is 0.275 e. The predicted octanol–water partition coefficient (Wildman–Crippen LogP) is 1.49. The number of carbonyl (C=O) groups excluding carboxylic acids is 2. The van der Waals surface area contributed by atoms with Crippen LogP contribution in [0.25, 0.3) is 0 Å². The number of anilines is 1. The number of amides is 2. The van der Waals surface area contributed by atoms with E-state index in [2.05, 4.69) is 10.6 Å². The van der Waals surface area contributed by atoms with Crippen molar-refractivity contribution in [1.82, 2.24) is 5.32 Å². The first kappa shape index (κ1) is 21.2. The third-order valence-electron chi connectivity index (χ3n) is 4.04. The lowest BCUT2D eigenvalue weighted by Gasteiger charge is -2.14. The molecule has 0 bridgehead atoms. The molecule has 0 saturated carbocycles. The molecular weight excluding hydrogens is 375 g/mol. The number of nitrogens with two attached hydrogens (primary N) is 1. The van der Waals surface area contributed by atoms with Crippen LogP contribution >= 0.6 is 0 Å². The third-order valence-corrected chi connectivity index (χ3v) is 4.04. The monoisotopic (exact) mass is 396 g/mol. The SMILES string of the molecule is COc1ccccc1[C@H](C)[NH2+]CC(=O)NCC(=O)Nc1ccc(F)c(F)c1F. The van der Waals surface area contributed by atoms with Gasteiger partial charge in [0.05, 0.1) is 24.9 Å². The van der Waals surface area contributed by atoms with Crippen molar-refractivity contribution in [2.75, 3.05) is 25.5 Å². The number of halogens is 3. The van der Waals surface area contributed by atoms with E-state index in [0.29, 0.717) is 11.8 Å². The van der Waals surface area contributed by atoms with Gasteiger partial charge in [0.25, 0.3) is 5.91 Å². The summed E-state index contributed by atoms with van der Waals surface area (Å²) in [7, 11) is 1.56. The molecular formula is C19H21F3N3O3+. The van der Waals surface area contributed by atoms with Crippen LogP contribution in [0.1, 0.15) is 18.5 Å². The Morgan fingerprint density at radius 3 is 2.50 bits per heavy atom. The second-order valence-corrected chi connectivity index (χ2v) is 6.02. The van der Waals surface area contributed by atoms with E-state index in [1.165, 1.54) is 0 Å². The number of benzene rings is 2. The molecule has 0 aliphatic carbocycles. The van der Waals surface area contributed by atoms with Gasteiger partial charge in [-0.25, -0.2) is 13.2 Å². The fourth-order valence-electron chi connectivity index (χ4n) is 2.52. The van der Waals surface area contributed by atoms with Crippen molar-refractivity contribution in [1.29, 1.82) is 0 Å². The van der Waals surface area contributed by atoms with Crippen LogP contribution in [0.3, 0.4) is 0 Å². The van der Waals surface area contributed by atoms with E-state index >= 15 is 0 Å². The van der Waals surface area contributed by atoms with E-state index in [0.717, 1.165) is 11.6 Å². The minimum absolute atomic E-state index is 0.0477. The quantitative estimate of drug-likeness (QED) is 0.591. The van der Waals surface area contributed by atoms with Crippen LogP contribution in [0.5, 0.6) is 5.75 Å². The zero-order chi connectivity index (χ0) is 20.7. The van der Waals surface area contributed by atoms with Crippen LogP contribution in [0.4, 0.5) is 18.9 Å². The lowest BCUT2D eigenvalue weighted by atomic mass is 10.1. The summed E-state index contributed by atoms with van der Waals surface area (Å²) < 4.78 is 44.8. The van der Waals surface area contributed by atoms with Crippen molar-refractivity contribution >= 4 is 17.5 Å². The van der Waals surface area contributed by atoms with Gasteiger partial charge in [-0.2, -0.15) is 0 Å². The molecule has 9 heteroatoms. The van der Waals surface area contributed by atoms with Crippen molar-refractivity contribution < 1.29 is 32.8 Å². The number of ether oxygens (including phenoxy) is 1. The van der Waals surface area contributed by atoms with Crippen LogP contribution in [-0.2, 0) is 9.59 Å². The van der Waals surface area contributed by atoms with Gasteiger partial charge >= 0.3 is 0 Å². The summed E-state index contributed by atoms with van der Waals surface area (Å²) in [5, 5.41) is 6.22. The highest BCUT2D eigenvalue weighted by molar-refractivity contribution is 5.94. The van der Waals surface area contributed by atoms with Gasteiger partial charge in [0.2, 0.25) is 5.91 Å². The van der Waals surface area contributed by atoms with E-state index in [1.807, 2.05) is 31.2 Å². The van der Waals surface area contributed by atoms with Gasteiger partial charge in [0.1, 0.15) is 11.8 Å². The van der Waals surface area contributed by atoms with Gasteiger partial charge in [-0.05, 0) is 31.2 Å². The minimum atomic E-state index is -1.68. The van der Waals surface area contributed by atoms with E-state index in [4.69, 9.17) is 4.74 Å². The van der Waals surface area contributed by atoms with Gasteiger partial charge in [-0.1, -0.05) is 12.1 Å². The van der Waals surface area contributed by atoms with E-state index in [-0.39, 0.29) is 12.6 Å². The molecule has 0 spiro atoms. The molecule has 4 N–H and O–H groups in total. The Bertz CT molecular complexity index is 862. The van der Waals surface area contributed by atoms with E-state index < -0.39 is 41.5 Å². The number of para-hydroxylation sites is 1. The number of nitrogens with one attached hydrogen (secondary N) is 2. The fourth-order valence-corrected chi connectivity index (χ4v) is 2.52. The summed E-state index contributed by atoms with van der Waals surface area (Å²) in [4.78, 5) is 23.7. The summed E-state index contributed by atoms with van der Waals surface area (Å²) in [6.45, 7) is 1.52. The number of quaternary nitrogens is 1. The number of hydrogen-bond donors (Lipinski definition) is 3. The van der Waals surface area contributed by atoms with E-state index in [1.54, 1.807) is 12.4 Å². The first-order valence-electron chi connectivity index (χ1n) is 8.49. The van der Waals surface area contributed by atoms with Gasteiger partial charge < -0.3 is 20.7 Å². The molecule has 0 saturated heterocycles. The molecule has 2 amide bonds. The Morgan fingerprint density at radius 2 is 1.79 bits per heavy atom. The number of methoxy groups -OCH3 is 1. The Balaban J connectivity index is 1.81. The highest BCUT2D eigenvalue weighted by Crippen LogP contribution is 2.22. The van der Waals surface area contributed by atoms with Crippen molar-refractivity contribution in [3.63, 3.8) is 0 Å². The molecule has 6 nitrogen and oxygen atoms in total. The molecule has 0 heterocycles. The Morgan fingerprint density at radius 1 is 1.07 bits per heavy atom. The van der Waals surface area contributed by atoms with Crippen molar-refractivity contribution in [3.05, 3.63) is 59.4 Å². The summed E-state index contributed by atoms with van der Waals surface area (Å²) in [5.41, 5.74) is 0.416. The predicted molar refractivity (Wildman–Crippen MR) is 96.2 cm³/mol. The van der Waals surface area contributed by atoms with Crippen LogP contribution in [0, 0.1) is 17.5 Å². The Kier molecular flexibility index (Phi) is 7.39. The fraction of sp³-hybridized carbons (Fsp3) is 0.263. The zero-order valence-electron chi connectivity index (χ0n) is 15.4. The zero-order valence-corrected chi connectivity index (χ0v) is 15.4. The average molecular weight is 396 g/mol. The van der Waals surface area contributed by atoms with Gasteiger partial charge in [-0.3, -0.25) is 9.59 Å². The summed E-state index contributed by atoms with van der Waals surface area (Å²) in [6.07, 6.45) is 0. The molecule has 0 aromatic heterocycles. The van der Waals surface area contributed by atoms with Gasteiger partial charge in [0, 0.05) is 0 Å². The highest BCUT2D eigenvalue weighted by Gasteiger charge is 2.17. The molecule has 0 radical (unpaired) electrons. The second-order valence-electron chi connectivity index (χ2n) is 6.02. The molecule has 150 valence electrons. The largest absolute Gasteiger partial charge is 0.496 e. The van der Waals surface area contributed by atoms with Gasteiger partial charge in [0.15, 0.2) is 24.0 Å². The summed E-state index contributed by atoms with van der Waals surface area (Å²) in [6, 6.07) is 8.95. The summed E-state index contributed by atoms with van der Waals surface area (Å²) in [5.74, 6) is -5.01. The lowest BCUT2D eigenvalue weighted by molar-refractivity contribution is -0.682. The smallest absolute Gasteiger partial charge is 0.275 e. The first-order chi connectivity index (χ1) is 13.3. The molecule has 0 unspecified atom stereocenters. The van der Waals surface area contributed by atoms with Crippen LogP contribution in [0.2, 0.25) is 0 Å². The molecule has 2 aromatic rings. The van der Waals surface area contributed by atoms with Crippen LogP contribution in [-0.4, -0.2) is 32.0 Å². The maximum absolute atomic E-state index is 13.5. The molecule has 0 aliphatic heterocycles. The van der Waals surface area contributed by atoms with Crippen molar-refractivity contribution in [3.8, 4) is 5.75 Å². The molecule has 0 aliphatic rings. The number of carbonyl (C=O) groups is 2. The molecule has 2 aromatic carbocycles. The molecule has 1 atom stereocenters. The molecule has 0 fully saturated rings. The average Bonchev–Trinajstić information content (AvgIpc) is 2.70. The number of rotatable bonds is 8. The third kappa shape index (κ3) is 5.46. The Labute approximate surface area is 160 Å². The molecule has 28 heavy (non-hydrogen) atoms. The lowest BCUT2D eigenvalue weighted by Crippen LogP contribution is -2.87. The van der Waals surface area contributed by atoms with Crippen LogP contribution in [0.15, 0.2) is 36.4 Å². The maximum atomic E-state index is 13.5. The molecule has 2 rings (SSSR count). The topological polar surface area (TPSA) is 84.0 Å². The standard InChI is InChI=1S/C19H20F3N3O3/c1-11(12-5-3-4-6-15(12)28-2)23-9-16(26)24-10-17(27)25-14-8-7-13(20)18(21)19(14)22/h3-8,11,23H,9-10H2,1-2H3,(H,24,26)(H,25,27)/p+1/t11-/m0/s1. The highest BCUT2D eigenvalue weighted by atomic mass is 19.2. The second kappa shape index (κ2) is 9.75. The van der Waals surface area contributed by atoms with Crippen molar-refractivity contribution in [2.24, 2.45) is 0 Å². The van der Waals surface area contributed by atoms with Crippen LogP contribution < -0.4 is 20.7 Å².